The molecule has 0 fully saturated rings. The third-order valence-corrected chi connectivity index (χ3v) is 5.36. The topological polar surface area (TPSA) is 53.9 Å². The molecule has 2 aromatic rings. The number of quaternary nitrogens is 1. The van der Waals surface area contributed by atoms with Gasteiger partial charge in [0.25, 0.3) is 11.8 Å². The zero-order valence-electron chi connectivity index (χ0n) is 16.4. The maximum Gasteiger partial charge on any atom is 0.280 e. The molecule has 0 aliphatic carbocycles. The van der Waals surface area contributed by atoms with Crippen molar-refractivity contribution >= 4 is 29.3 Å². The van der Waals surface area contributed by atoms with Crippen LogP contribution >= 0.6 is 11.8 Å². The van der Waals surface area contributed by atoms with Gasteiger partial charge in [-0.3, -0.25) is 9.59 Å². The largest absolute Gasteiger partial charge is 0.336 e. The molecule has 1 unspecified atom stereocenters. The fourth-order valence-corrected chi connectivity index (χ4v) is 3.38. The number of carbonyl (C=O) groups is 2. The van der Waals surface area contributed by atoms with E-state index in [9.17, 15) is 9.59 Å². The molecular weight excluding hydrogens is 358 g/mol. The van der Waals surface area contributed by atoms with Crippen LogP contribution in [0.4, 0.5) is 5.69 Å². The highest BCUT2D eigenvalue weighted by Gasteiger charge is 2.26. The Morgan fingerprint density at radius 1 is 1.11 bits per heavy atom. The lowest BCUT2D eigenvalue weighted by Gasteiger charge is -2.25. The minimum atomic E-state index is -0.305. The summed E-state index contributed by atoms with van der Waals surface area (Å²) in [6.45, 7) is 2.65. The molecular formula is C21H28N3O2S+. The normalized spacial score (nSPS) is 12.9. The van der Waals surface area contributed by atoms with Crippen LogP contribution in [0.15, 0.2) is 59.5 Å². The number of anilines is 1. The number of rotatable bonds is 8. The molecule has 0 bridgehead atoms. The first-order valence-corrected chi connectivity index (χ1v) is 10.2. The van der Waals surface area contributed by atoms with Crippen LogP contribution in [-0.2, 0) is 16.1 Å². The van der Waals surface area contributed by atoms with Crippen molar-refractivity contribution in [1.29, 1.82) is 0 Å². The highest BCUT2D eigenvalue weighted by molar-refractivity contribution is 7.98. The van der Waals surface area contributed by atoms with Crippen molar-refractivity contribution in [2.75, 3.05) is 32.2 Å². The lowest BCUT2D eigenvalue weighted by molar-refractivity contribution is -0.886. The SMILES string of the molecule is CSc1ccccc1NC(=O)C[NH+](C)[C@@H](C)C(=O)N(C)Cc1ccccc1. The van der Waals surface area contributed by atoms with E-state index in [-0.39, 0.29) is 24.4 Å². The Morgan fingerprint density at radius 3 is 2.41 bits per heavy atom. The smallest absolute Gasteiger partial charge is 0.280 e. The number of amides is 2. The van der Waals surface area contributed by atoms with Gasteiger partial charge >= 0.3 is 0 Å². The first-order valence-electron chi connectivity index (χ1n) is 8.96. The molecule has 0 aromatic heterocycles. The van der Waals surface area contributed by atoms with Crippen molar-refractivity contribution < 1.29 is 14.5 Å². The van der Waals surface area contributed by atoms with Crippen LogP contribution in [0.2, 0.25) is 0 Å². The van der Waals surface area contributed by atoms with Crippen LogP contribution in [0.25, 0.3) is 0 Å². The highest BCUT2D eigenvalue weighted by atomic mass is 32.2. The lowest BCUT2D eigenvalue weighted by atomic mass is 10.2. The van der Waals surface area contributed by atoms with Crippen molar-refractivity contribution in [1.82, 2.24) is 4.90 Å². The molecule has 0 aliphatic heterocycles. The fraction of sp³-hybridized carbons (Fsp3) is 0.333. The van der Waals surface area contributed by atoms with Gasteiger partial charge in [0, 0.05) is 18.5 Å². The number of hydrogen-bond acceptors (Lipinski definition) is 3. The van der Waals surface area contributed by atoms with Crippen LogP contribution in [0, 0.1) is 0 Å². The van der Waals surface area contributed by atoms with Gasteiger partial charge in [-0.05, 0) is 30.9 Å². The quantitative estimate of drug-likeness (QED) is 0.682. The minimum absolute atomic E-state index is 0.0219. The van der Waals surface area contributed by atoms with E-state index in [2.05, 4.69) is 5.32 Å². The number of benzene rings is 2. The summed E-state index contributed by atoms with van der Waals surface area (Å²) in [5.41, 5.74) is 1.90. The summed E-state index contributed by atoms with van der Waals surface area (Å²) in [5.74, 6) is -0.0759. The van der Waals surface area contributed by atoms with Crippen LogP contribution in [-0.4, -0.2) is 49.7 Å². The molecule has 2 rings (SSSR count). The van der Waals surface area contributed by atoms with Crippen LogP contribution in [0.1, 0.15) is 12.5 Å². The van der Waals surface area contributed by atoms with Crippen molar-refractivity contribution in [2.45, 2.75) is 24.4 Å². The molecule has 5 nitrogen and oxygen atoms in total. The van der Waals surface area contributed by atoms with Crippen molar-refractivity contribution in [3.8, 4) is 0 Å². The average Bonchev–Trinajstić information content (AvgIpc) is 2.67. The molecule has 2 atom stereocenters. The third kappa shape index (κ3) is 6.12. The average molecular weight is 387 g/mol. The lowest BCUT2D eigenvalue weighted by Crippen LogP contribution is -3.15. The Bertz CT molecular complexity index is 767. The second-order valence-corrected chi connectivity index (χ2v) is 7.52. The second-order valence-electron chi connectivity index (χ2n) is 6.67. The molecule has 0 spiro atoms. The van der Waals surface area contributed by atoms with Gasteiger partial charge in [-0.25, -0.2) is 0 Å². The van der Waals surface area contributed by atoms with Gasteiger partial charge in [0.2, 0.25) is 0 Å². The Balaban J connectivity index is 1.90. The molecule has 2 aromatic carbocycles. The van der Waals surface area contributed by atoms with E-state index in [0.29, 0.717) is 6.54 Å². The summed E-state index contributed by atoms with van der Waals surface area (Å²) >= 11 is 1.59. The number of carbonyl (C=O) groups excluding carboxylic acids is 2. The molecule has 0 saturated heterocycles. The highest BCUT2D eigenvalue weighted by Crippen LogP contribution is 2.24. The minimum Gasteiger partial charge on any atom is -0.336 e. The number of likely N-dealkylation sites (N-methyl/N-ethyl adjacent to an activating group) is 2. The Hall–Kier alpha value is -2.31. The summed E-state index contributed by atoms with van der Waals surface area (Å²) in [7, 11) is 3.67. The van der Waals surface area contributed by atoms with Crippen molar-refractivity contribution in [3.63, 3.8) is 0 Å². The predicted octanol–water partition coefficient (Wildman–Crippen LogP) is 1.91. The zero-order chi connectivity index (χ0) is 19.8. The van der Waals surface area contributed by atoms with Crippen LogP contribution in [0.3, 0.4) is 0 Å². The van der Waals surface area contributed by atoms with Gasteiger partial charge in [-0.2, -0.15) is 0 Å². The molecule has 0 radical (unpaired) electrons. The van der Waals surface area contributed by atoms with E-state index in [1.54, 1.807) is 23.7 Å². The first-order chi connectivity index (χ1) is 12.9. The van der Waals surface area contributed by atoms with Crippen LogP contribution in [0.5, 0.6) is 0 Å². The maximum atomic E-state index is 12.7. The molecule has 0 heterocycles. The van der Waals surface area contributed by atoms with Crippen LogP contribution < -0.4 is 10.2 Å². The Labute approximate surface area is 165 Å². The third-order valence-electron chi connectivity index (χ3n) is 4.57. The monoisotopic (exact) mass is 386 g/mol. The van der Waals surface area contributed by atoms with E-state index in [1.165, 1.54) is 0 Å². The Morgan fingerprint density at radius 2 is 1.74 bits per heavy atom. The summed E-state index contributed by atoms with van der Waals surface area (Å²) in [6, 6.07) is 17.3. The number of nitrogens with zero attached hydrogens (tertiary/aromatic N) is 1. The molecule has 2 N–H and O–H groups in total. The first kappa shape index (κ1) is 21.0. The van der Waals surface area contributed by atoms with Crippen molar-refractivity contribution in [2.24, 2.45) is 0 Å². The molecule has 144 valence electrons. The van der Waals surface area contributed by atoms with Gasteiger partial charge in [0.05, 0.1) is 12.7 Å². The summed E-state index contributed by atoms with van der Waals surface area (Å²) in [5, 5.41) is 2.95. The van der Waals surface area contributed by atoms with Gasteiger partial charge < -0.3 is 15.1 Å². The summed E-state index contributed by atoms with van der Waals surface area (Å²) in [4.78, 5) is 28.7. The van der Waals surface area contributed by atoms with E-state index in [4.69, 9.17) is 0 Å². The zero-order valence-corrected chi connectivity index (χ0v) is 17.2. The second kappa shape index (κ2) is 10.1. The van der Waals surface area contributed by atoms with Gasteiger partial charge in [-0.1, -0.05) is 42.5 Å². The molecule has 0 saturated carbocycles. The maximum absolute atomic E-state index is 12.7. The standard InChI is InChI=1S/C21H27N3O2S/c1-16(21(26)24(3)14-17-10-6-5-7-11-17)23(2)15-20(25)22-18-12-8-9-13-19(18)27-4/h5-13,16H,14-15H2,1-4H3,(H,22,25)/p+1/t16-/m0/s1. The summed E-state index contributed by atoms with van der Waals surface area (Å²) < 4.78 is 0. The van der Waals surface area contributed by atoms with E-state index in [0.717, 1.165) is 21.0 Å². The summed E-state index contributed by atoms with van der Waals surface area (Å²) in [6.07, 6.45) is 1.98. The van der Waals surface area contributed by atoms with E-state index >= 15 is 0 Å². The fourth-order valence-electron chi connectivity index (χ4n) is 2.83. The van der Waals surface area contributed by atoms with E-state index < -0.39 is 0 Å². The number of para-hydroxylation sites is 1. The molecule has 6 heteroatoms. The van der Waals surface area contributed by atoms with Gasteiger partial charge in [-0.15, -0.1) is 11.8 Å². The molecule has 27 heavy (non-hydrogen) atoms. The van der Waals surface area contributed by atoms with Crippen molar-refractivity contribution in [3.05, 3.63) is 60.2 Å². The molecule has 2 amide bonds. The Kier molecular flexibility index (Phi) is 7.88. The number of thioether (sulfide) groups is 1. The number of hydrogen-bond donors (Lipinski definition) is 2. The molecule has 0 aliphatic rings. The van der Waals surface area contributed by atoms with Gasteiger partial charge in [0.15, 0.2) is 12.6 Å². The van der Waals surface area contributed by atoms with E-state index in [1.807, 2.05) is 74.8 Å². The predicted molar refractivity (Wildman–Crippen MR) is 111 cm³/mol. The number of nitrogens with one attached hydrogen (secondary N) is 2. The van der Waals surface area contributed by atoms with Gasteiger partial charge in [0.1, 0.15) is 0 Å².